The molecule has 21 heavy (non-hydrogen) atoms. The number of carbonyl (C=O) groups excluding carboxylic acids is 2. The highest BCUT2D eigenvalue weighted by molar-refractivity contribution is 7.80. The Kier molecular flexibility index (Phi) is 6.19. The molecule has 0 fully saturated rings. The van der Waals surface area contributed by atoms with Gasteiger partial charge in [0.2, 0.25) is 11.8 Å². The molecule has 0 aliphatic carbocycles. The molecule has 0 aliphatic rings. The van der Waals surface area contributed by atoms with E-state index in [1.807, 2.05) is 18.2 Å². The Morgan fingerprint density at radius 1 is 1.05 bits per heavy atom. The first-order chi connectivity index (χ1) is 9.81. The van der Waals surface area contributed by atoms with E-state index in [0.717, 1.165) is 0 Å². The van der Waals surface area contributed by atoms with Gasteiger partial charge in [0.15, 0.2) is 10.2 Å². The Hall–Kier alpha value is -2.06. The quantitative estimate of drug-likeness (QED) is 0.714. The predicted molar refractivity (Wildman–Crippen MR) is 91.3 cm³/mol. The lowest BCUT2D eigenvalue weighted by Crippen LogP contribution is -2.40. The van der Waals surface area contributed by atoms with Crippen molar-refractivity contribution < 1.29 is 9.59 Å². The molecule has 0 bridgehead atoms. The summed E-state index contributed by atoms with van der Waals surface area (Å²) in [5.41, 5.74) is 1.37. The zero-order chi connectivity index (χ0) is 16.0. The summed E-state index contributed by atoms with van der Waals surface area (Å²) >= 11 is 10.2. The first-order valence-electron chi connectivity index (χ1n) is 6.04. The van der Waals surface area contributed by atoms with E-state index in [0.29, 0.717) is 11.4 Å². The molecule has 112 valence electrons. The van der Waals surface area contributed by atoms with Crippen molar-refractivity contribution in [3.05, 3.63) is 24.3 Å². The second-order valence-corrected chi connectivity index (χ2v) is 4.99. The number of rotatable bonds is 2. The average molecular weight is 324 g/mol. The third kappa shape index (κ3) is 5.44. The van der Waals surface area contributed by atoms with Gasteiger partial charge in [-0.15, -0.1) is 0 Å². The highest BCUT2D eigenvalue weighted by Crippen LogP contribution is 2.24. The number of nitrogens with one attached hydrogen (secondary N) is 3. The third-order valence-electron chi connectivity index (χ3n) is 2.39. The molecule has 3 N–H and O–H groups in total. The summed E-state index contributed by atoms with van der Waals surface area (Å²) in [6, 6.07) is 7.25. The Morgan fingerprint density at radius 3 is 2.19 bits per heavy atom. The molecule has 0 aliphatic heterocycles. The van der Waals surface area contributed by atoms with Gasteiger partial charge in [0.1, 0.15) is 0 Å². The van der Waals surface area contributed by atoms with Crippen LogP contribution in [0.15, 0.2) is 24.3 Å². The maximum atomic E-state index is 11.1. The van der Waals surface area contributed by atoms with E-state index in [-0.39, 0.29) is 22.0 Å². The summed E-state index contributed by atoms with van der Waals surface area (Å²) in [6.45, 7) is 2.76. The second kappa shape index (κ2) is 7.65. The van der Waals surface area contributed by atoms with E-state index in [1.165, 1.54) is 13.8 Å². The maximum absolute atomic E-state index is 11.1. The highest BCUT2D eigenvalue weighted by atomic mass is 32.1. The van der Waals surface area contributed by atoms with Crippen molar-refractivity contribution >= 4 is 57.8 Å². The van der Waals surface area contributed by atoms with Gasteiger partial charge in [-0.1, -0.05) is 12.1 Å². The third-order valence-corrected chi connectivity index (χ3v) is 2.97. The topological polar surface area (TPSA) is 73.5 Å². The number of para-hydroxylation sites is 2. The molecule has 0 saturated heterocycles. The van der Waals surface area contributed by atoms with Crippen molar-refractivity contribution in [1.82, 2.24) is 10.6 Å². The molecule has 1 rings (SSSR count). The van der Waals surface area contributed by atoms with E-state index in [9.17, 15) is 9.59 Å². The standard InChI is InChI=1S/C13H16N4O2S2/c1-8(18)14-12(20)16-10-6-4-5-7-11(10)17(3)13(21)15-9(2)19/h4-7H,1-3H3,(H,15,19,21)(H2,14,16,18,20). The first-order valence-corrected chi connectivity index (χ1v) is 6.85. The van der Waals surface area contributed by atoms with E-state index in [4.69, 9.17) is 24.4 Å². The number of thiocarbonyl (C=S) groups is 2. The van der Waals surface area contributed by atoms with Gasteiger partial charge in [0.25, 0.3) is 0 Å². The van der Waals surface area contributed by atoms with Gasteiger partial charge in [0.05, 0.1) is 11.4 Å². The molecule has 0 radical (unpaired) electrons. The van der Waals surface area contributed by atoms with Crippen molar-refractivity contribution in [2.24, 2.45) is 0 Å². The number of benzene rings is 1. The SMILES string of the molecule is CC(=O)NC(=S)Nc1ccccc1N(C)C(=S)NC(C)=O. The second-order valence-electron chi connectivity index (χ2n) is 4.20. The van der Waals surface area contributed by atoms with Crippen LogP contribution in [0.25, 0.3) is 0 Å². The average Bonchev–Trinajstić information content (AvgIpc) is 2.36. The van der Waals surface area contributed by atoms with Gasteiger partial charge in [0, 0.05) is 20.9 Å². The number of carbonyl (C=O) groups is 2. The largest absolute Gasteiger partial charge is 0.331 e. The number of amides is 2. The molecule has 0 saturated carbocycles. The zero-order valence-corrected chi connectivity index (χ0v) is 13.5. The van der Waals surface area contributed by atoms with Gasteiger partial charge < -0.3 is 20.9 Å². The summed E-state index contributed by atoms with van der Waals surface area (Å²) in [5, 5.41) is 8.39. The fourth-order valence-corrected chi connectivity index (χ4v) is 2.02. The first kappa shape index (κ1) is 17.0. The van der Waals surface area contributed by atoms with Crippen LogP contribution >= 0.6 is 24.4 Å². The van der Waals surface area contributed by atoms with Gasteiger partial charge >= 0.3 is 0 Å². The van der Waals surface area contributed by atoms with Gasteiger partial charge in [-0.2, -0.15) is 0 Å². The van der Waals surface area contributed by atoms with Gasteiger partial charge in [-0.05, 0) is 36.6 Å². The van der Waals surface area contributed by atoms with Crippen LogP contribution in [-0.4, -0.2) is 29.1 Å². The lowest BCUT2D eigenvalue weighted by Gasteiger charge is -2.23. The highest BCUT2D eigenvalue weighted by Gasteiger charge is 2.13. The summed E-state index contributed by atoms with van der Waals surface area (Å²) in [7, 11) is 1.72. The zero-order valence-electron chi connectivity index (χ0n) is 11.9. The lowest BCUT2D eigenvalue weighted by molar-refractivity contribution is -0.118. The molecular weight excluding hydrogens is 308 g/mol. The number of nitrogens with zero attached hydrogens (tertiary/aromatic N) is 1. The van der Waals surface area contributed by atoms with Crippen LogP contribution in [0.1, 0.15) is 13.8 Å². The minimum absolute atomic E-state index is 0.189. The fourth-order valence-electron chi connectivity index (χ4n) is 1.53. The Labute approximate surface area is 133 Å². The van der Waals surface area contributed by atoms with E-state index < -0.39 is 0 Å². The molecule has 0 unspecified atom stereocenters. The van der Waals surface area contributed by atoms with Crippen molar-refractivity contribution in [1.29, 1.82) is 0 Å². The molecule has 0 heterocycles. The Balaban J connectivity index is 2.93. The molecule has 1 aromatic carbocycles. The maximum Gasteiger partial charge on any atom is 0.223 e. The summed E-state index contributed by atoms with van der Waals surface area (Å²) < 4.78 is 0. The molecule has 0 atom stereocenters. The van der Waals surface area contributed by atoms with Crippen molar-refractivity contribution in [2.75, 3.05) is 17.3 Å². The van der Waals surface area contributed by atoms with Crippen molar-refractivity contribution in [3.8, 4) is 0 Å². The number of hydrogen-bond acceptors (Lipinski definition) is 4. The van der Waals surface area contributed by atoms with E-state index in [1.54, 1.807) is 18.0 Å². The van der Waals surface area contributed by atoms with Crippen LogP contribution in [0, 0.1) is 0 Å². The molecule has 1 aromatic rings. The molecule has 6 nitrogen and oxygen atoms in total. The van der Waals surface area contributed by atoms with Crippen LogP contribution in [0.4, 0.5) is 11.4 Å². The van der Waals surface area contributed by atoms with Crippen LogP contribution < -0.4 is 20.9 Å². The molecule has 0 spiro atoms. The van der Waals surface area contributed by atoms with Crippen LogP contribution in [0.5, 0.6) is 0 Å². The Morgan fingerprint density at radius 2 is 1.62 bits per heavy atom. The van der Waals surface area contributed by atoms with Crippen LogP contribution in [0.2, 0.25) is 0 Å². The smallest absolute Gasteiger partial charge is 0.223 e. The molecule has 2 amide bonds. The summed E-state index contributed by atoms with van der Waals surface area (Å²) in [5.74, 6) is -0.502. The van der Waals surface area contributed by atoms with Gasteiger partial charge in [-0.3, -0.25) is 9.59 Å². The fraction of sp³-hybridized carbons (Fsp3) is 0.231. The Bertz CT molecular complexity index is 589. The predicted octanol–water partition coefficient (Wildman–Crippen LogP) is 1.38. The minimum Gasteiger partial charge on any atom is -0.331 e. The number of anilines is 2. The van der Waals surface area contributed by atoms with Gasteiger partial charge in [-0.25, -0.2) is 0 Å². The monoisotopic (exact) mass is 324 g/mol. The molecular formula is C13H16N4O2S2. The normalized spacial score (nSPS) is 9.48. The van der Waals surface area contributed by atoms with Crippen LogP contribution in [0.3, 0.4) is 0 Å². The lowest BCUT2D eigenvalue weighted by atomic mass is 10.2. The van der Waals surface area contributed by atoms with Crippen LogP contribution in [-0.2, 0) is 9.59 Å². The van der Waals surface area contributed by atoms with E-state index in [2.05, 4.69) is 16.0 Å². The molecule has 8 heteroatoms. The summed E-state index contributed by atoms with van der Waals surface area (Å²) in [6.07, 6.45) is 0. The summed E-state index contributed by atoms with van der Waals surface area (Å²) in [4.78, 5) is 23.7. The van der Waals surface area contributed by atoms with Crippen molar-refractivity contribution in [2.45, 2.75) is 13.8 Å². The molecule has 0 aromatic heterocycles. The number of hydrogen-bond donors (Lipinski definition) is 3. The van der Waals surface area contributed by atoms with E-state index >= 15 is 0 Å². The van der Waals surface area contributed by atoms with Crippen molar-refractivity contribution in [3.63, 3.8) is 0 Å². The minimum atomic E-state index is -0.257.